The lowest BCUT2D eigenvalue weighted by Gasteiger charge is -2.16. The van der Waals surface area contributed by atoms with Gasteiger partial charge >= 0.3 is 0 Å². The van der Waals surface area contributed by atoms with E-state index in [-0.39, 0.29) is 0 Å². The van der Waals surface area contributed by atoms with Crippen LogP contribution in [0, 0.1) is 0 Å². The van der Waals surface area contributed by atoms with Gasteiger partial charge in [-0.15, -0.1) is 23.5 Å². The summed E-state index contributed by atoms with van der Waals surface area (Å²) >= 11 is 3.88. The molecule has 0 aromatic rings. The minimum atomic E-state index is 0.672. The Morgan fingerprint density at radius 2 is 2.50 bits per heavy atom. The van der Waals surface area contributed by atoms with Gasteiger partial charge in [0, 0.05) is 5.75 Å². The average Bonchev–Trinajstić information content (AvgIpc) is 2.33. The molecule has 10 heavy (non-hydrogen) atoms. The standard InChI is InChI=1S/C8H8S2/c1-6-4-7-2-3-9-8(7)10-5-6/h2-4,8H,1,5H2. The zero-order valence-corrected chi connectivity index (χ0v) is 7.17. The second kappa shape index (κ2) is 2.51. The number of thioether (sulfide) groups is 2. The maximum absolute atomic E-state index is 3.93. The highest BCUT2D eigenvalue weighted by Gasteiger charge is 2.20. The molecule has 52 valence electrons. The van der Waals surface area contributed by atoms with Crippen molar-refractivity contribution >= 4 is 23.5 Å². The van der Waals surface area contributed by atoms with Crippen LogP contribution in [0.2, 0.25) is 0 Å². The molecule has 0 nitrogen and oxygen atoms in total. The SMILES string of the molecule is C=C1C=C2C=CSC2SC1. The number of hydrogen-bond donors (Lipinski definition) is 0. The summed E-state index contributed by atoms with van der Waals surface area (Å²) in [6, 6.07) is 0. The Labute approximate surface area is 69.5 Å². The summed E-state index contributed by atoms with van der Waals surface area (Å²) in [5.41, 5.74) is 2.69. The first kappa shape index (κ1) is 6.62. The lowest BCUT2D eigenvalue weighted by molar-refractivity contribution is 1.39. The second-order valence-electron chi connectivity index (χ2n) is 2.38. The van der Waals surface area contributed by atoms with Crippen LogP contribution in [0.5, 0.6) is 0 Å². The van der Waals surface area contributed by atoms with Gasteiger partial charge in [-0.2, -0.15) is 0 Å². The van der Waals surface area contributed by atoms with Crippen LogP contribution in [-0.4, -0.2) is 10.3 Å². The molecule has 2 aliphatic rings. The van der Waals surface area contributed by atoms with E-state index >= 15 is 0 Å². The normalized spacial score (nSPS) is 30.2. The summed E-state index contributed by atoms with van der Waals surface area (Å²) in [5, 5.41) is 2.17. The van der Waals surface area contributed by atoms with Gasteiger partial charge in [0.15, 0.2) is 0 Å². The lowest BCUT2D eigenvalue weighted by Crippen LogP contribution is -2.03. The molecule has 0 spiro atoms. The molecule has 0 fully saturated rings. The molecule has 1 atom stereocenters. The van der Waals surface area contributed by atoms with Crippen molar-refractivity contribution in [3.63, 3.8) is 0 Å². The van der Waals surface area contributed by atoms with Crippen LogP contribution in [-0.2, 0) is 0 Å². The minimum Gasteiger partial charge on any atom is -0.138 e. The number of fused-ring (bicyclic) bond motifs is 1. The first-order valence-corrected chi connectivity index (χ1v) is 5.18. The zero-order valence-electron chi connectivity index (χ0n) is 5.54. The van der Waals surface area contributed by atoms with Crippen molar-refractivity contribution in [1.29, 1.82) is 0 Å². The minimum absolute atomic E-state index is 0.672. The maximum Gasteiger partial charge on any atom is 0.0796 e. The van der Waals surface area contributed by atoms with E-state index in [1.165, 1.54) is 11.1 Å². The van der Waals surface area contributed by atoms with Crippen LogP contribution in [0.15, 0.2) is 35.3 Å². The molecular formula is C8H8S2. The van der Waals surface area contributed by atoms with Crippen molar-refractivity contribution in [3.8, 4) is 0 Å². The maximum atomic E-state index is 3.93. The molecule has 0 saturated carbocycles. The monoisotopic (exact) mass is 168 g/mol. The first-order chi connectivity index (χ1) is 4.86. The predicted molar refractivity (Wildman–Crippen MR) is 50.2 cm³/mol. The van der Waals surface area contributed by atoms with Gasteiger partial charge in [-0.25, -0.2) is 0 Å². The molecule has 1 unspecified atom stereocenters. The molecule has 0 saturated heterocycles. The van der Waals surface area contributed by atoms with Crippen LogP contribution >= 0.6 is 23.5 Å². The van der Waals surface area contributed by atoms with Gasteiger partial charge in [0.1, 0.15) is 0 Å². The molecule has 0 N–H and O–H groups in total. The van der Waals surface area contributed by atoms with Crippen LogP contribution in [0.4, 0.5) is 0 Å². The molecule has 2 rings (SSSR count). The van der Waals surface area contributed by atoms with E-state index in [4.69, 9.17) is 0 Å². The molecule has 0 aromatic carbocycles. The van der Waals surface area contributed by atoms with Gasteiger partial charge < -0.3 is 0 Å². The van der Waals surface area contributed by atoms with E-state index in [1.807, 2.05) is 23.5 Å². The Hall–Kier alpha value is -0.0800. The Kier molecular flexibility index (Phi) is 1.66. The fourth-order valence-electron chi connectivity index (χ4n) is 1.06. The topological polar surface area (TPSA) is 0 Å². The van der Waals surface area contributed by atoms with E-state index in [2.05, 4.69) is 24.1 Å². The van der Waals surface area contributed by atoms with E-state index in [1.54, 1.807) is 0 Å². The lowest BCUT2D eigenvalue weighted by atomic mass is 10.2. The van der Waals surface area contributed by atoms with Crippen LogP contribution in [0.3, 0.4) is 0 Å². The molecule has 2 heteroatoms. The van der Waals surface area contributed by atoms with Crippen molar-refractivity contribution in [2.75, 3.05) is 5.75 Å². The summed E-state index contributed by atoms with van der Waals surface area (Å²) in [6.07, 6.45) is 4.39. The Bertz CT molecular complexity index is 225. The third-order valence-corrected chi connectivity index (χ3v) is 4.19. The van der Waals surface area contributed by atoms with Crippen molar-refractivity contribution in [1.82, 2.24) is 0 Å². The summed E-state index contributed by atoms with van der Waals surface area (Å²) in [7, 11) is 0. The highest BCUT2D eigenvalue weighted by atomic mass is 32.2. The number of hydrogen-bond acceptors (Lipinski definition) is 2. The molecule has 2 aliphatic heterocycles. The van der Waals surface area contributed by atoms with Crippen molar-refractivity contribution in [2.45, 2.75) is 4.58 Å². The zero-order chi connectivity index (χ0) is 6.97. The third-order valence-electron chi connectivity index (χ3n) is 1.53. The fraction of sp³-hybridized carbons (Fsp3) is 0.250. The van der Waals surface area contributed by atoms with Crippen molar-refractivity contribution in [3.05, 3.63) is 35.3 Å². The highest BCUT2D eigenvalue weighted by Crippen LogP contribution is 2.41. The van der Waals surface area contributed by atoms with Gasteiger partial charge in [0.05, 0.1) is 4.58 Å². The van der Waals surface area contributed by atoms with Gasteiger partial charge in [-0.05, 0) is 16.6 Å². The Morgan fingerprint density at radius 3 is 3.40 bits per heavy atom. The highest BCUT2D eigenvalue weighted by molar-refractivity contribution is 8.19. The Morgan fingerprint density at radius 1 is 1.60 bits per heavy atom. The van der Waals surface area contributed by atoms with Crippen LogP contribution < -0.4 is 0 Å². The summed E-state index contributed by atoms with van der Waals surface area (Å²) in [5.74, 6) is 1.10. The molecule has 0 aromatic heterocycles. The van der Waals surface area contributed by atoms with Crippen LogP contribution in [0.1, 0.15) is 0 Å². The first-order valence-electron chi connectivity index (χ1n) is 3.19. The van der Waals surface area contributed by atoms with Crippen molar-refractivity contribution < 1.29 is 0 Å². The Balaban J connectivity index is 2.30. The fourth-order valence-corrected chi connectivity index (χ4v) is 3.24. The van der Waals surface area contributed by atoms with Gasteiger partial charge in [-0.1, -0.05) is 18.7 Å². The number of allylic oxidation sites excluding steroid dienone is 2. The van der Waals surface area contributed by atoms with Crippen molar-refractivity contribution in [2.24, 2.45) is 0 Å². The van der Waals surface area contributed by atoms with E-state index in [9.17, 15) is 0 Å². The van der Waals surface area contributed by atoms with Gasteiger partial charge in [0.25, 0.3) is 0 Å². The third kappa shape index (κ3) is 1.06. The van der Waals surface area contributed by atoms with Crippen LogP contribution in [0.25, 0.3) is 0 Å². The second-order valence-corrected chi connectivity index (χ2v) is 4.79. The quantitative estimate of drug-likeness (QED) is 0.545. The van der Waals surface area contributed by atoms with E-state index in [0.717, 1.165) is 5.75 Å². The smallest absolute Gasteiger partial charge is 0.0796 e. The molecule has 0 amide bonds. The molecule has 0 bridgehead atoms. The van der Waals surface area contributed by atoms with E-state index in [0.29, 0.717) is 4.58 Å². The average molecular weight is 168 g/mol. The molecule has 0 aliphatic carbocycles. The summed E-state index contributed by atoms with van der Waals surface area (Å²) in [4.78, 5) is 0. The molecular weight excluding hydrogens is 160 g/mol. The molecule has 0 radical (unpaired) electrons. The van der Waals surface area contributed by atoms with Gasteiger partial charge in [0.2, 0.25) is 0 Å². The summed E-state index contributed by atoms with van der Waals surface area (Å²) < 4.78 is 0.672. The number of rotatable bonds is 0. The van der Waals surface area contributed by atoms with Gasteiger partial charge in [-0.3, -0.25) is 0 Å². The predicted octanol–water partition coefficient (Wildman–Crippen LogP) is 2.80. The summed E-state index contributed by atoms with van der Waals surface area (Å²) in [6.45, 7) is 3.93. The largest absolute Gasteiger partial charge is 0.138 e. The van der Waals surface area contributed by atoms with E-state index < -0.39 is 0 Å². The molecule has 2 heterocycles.